The van der Waals surface area contributed by atoms with E-state index in [-0.39, 0.29) is 23.6 Å². The van der Waals surface area contributed by atoms with Crippen LogP contribution in [0.4, 0.5) is 4.39 Å². The zero-order valence-electron chi connectivity index (χ0n) is 13.8. The van der Waals surface area contributed by atoms with Crippen molar-refractivity contribution in [3.05, 3.63) is 58.4 Å². The van der Waals surface area contributed by atoms with Gasteiger partial charge in [0.05, 0.1) is 32.1 Å². The molecular weight excluding hydrogens is 365 g/mol. The maximum atomic E-state index is 14.1. The molecule has 1 atom stereocenters. The van der Waals surface area contributed by atoms with Gasteiger partial charge in [-0.2, -0.15) is 0 Å². The Kier molecular flexibility index (Phi) is 5.39. The number of hydrogen-bond donors (Lipinski definition) is 0. The van der Waals surface area contributed by atoms with Crippen molar-refractivity contribution in [1.29, 1.82) is 0 Å². The van der Waals surface area contributed by atoms with Gasteiger partial charge in [0.15, 0.2) is 0 Å². The highest BCUT2D eigenvalue weighted by molar-refractivity contribution is 8.00. The molecule has 7 heteroatoms. The standard InChI is InChI=1S/C18H17ClFNO3S/c1-23-14-4-3-5-15(24-2)17(14)18-21(16(22)10-25-18)9-11-8-12(19)6-7-13(11)20/h3-8,18H,9-10H2,1-2H3. The van der Waals surface area contributed by atoms with E-state index in [9.17, 15) is 9.18 Å². The molecule has 0 bridgehead atoms. The van der Waals surface area contributed by atoms with Crippen LogP contribution in [-0.2, 0) is 11.3 Å². The third kappa shape index (κ3) is 3.55. The lowest BCUT2D eigenvalue weighted by atomic mass is 10.1. The minimum Gasteiger partial charge on any atom is -0.496 e. The van der Waals surface area contributed by atoms with Crippen molar-refractivity contribution in [2.45, 2.75) is 11.9 Å². The first-order valence-electron chi connectivity index (χ1n) is 7.61. The smallest absolute Gasteiger partial charge is 0.234 e. The molecule has 132 valence electrons. The summed E-state index contributed by atoms with van der Waals surface area (Å²) in [5, 5.41) is 0.110. The average Bonchev–Trinajstić information content (AvgIpc) is 2.97. The summed E-state index contributed by atoms with van der Waals surface area (Å²) in [7, 11) is 3.14. The highest BCUT2D eigenvalue weighted by Gasteiger charge is 2.36. The van der Waals surface area contributed by atoms with Gasteiger partial charge in [-0.1, -0.05) is 17.7 Å². The quantitative estimate of drug-likeness (QED) is 0.775. The number of ether oxygens (including phenoxy) is 2. The molecule has 0 aliphatic carbocycles. The Morgan fingerprint density at radius 2 is 1.92 bits per heavy atom. The predicted octanol–water partition coefficient (Wildman–Crippen LogP) is 4.27. The maximum Gasteiger partial charge on any atom is 0.234 e. The molecular formula is C18H17ClFNO3S. The molecule has 0 radical (unpaired) electrons. The van der Waals surface area contributed by atoms with E-state index < -0.39 is 0 Å². The SMILES string of the molecule is COc1cccc(OC)c1C1SCC(=O)N1Cc1cc(Cl)ccc1F. The zero-order valence-corrected chi connectivity index (χ0v) is 15.4. The topological polar surface area (TPSA) is 38.8 Å². The lowest BCUT2D eigenvalue weighted by Crippen LogP contribution is -2.28. The van der Waals surface area contributed by atoms with Crippen molar-refractivity contribution in [1.82, 2.24) is 4.90 Å². The molecule has 1 aliphatic rings. The Morgan fingerprint density at radius 3 is 2.56 bits per heavy atom. The van der Waals surface area contributed by atoms with Crippen LogP contribution < -0.4 is 9.47 Å². The third-order valence-electron chi connectivity index (χ3n) is 4.03. The lowest BCUT2D eigenvalue weighted by molar-refractivity contribution is -0.128. The van der Waals surface area contributed by atoms with Crippen molar-refractivity contribution in [3.8, 4) is 11.5 Å². The van der Waals surface area contributed by atoms with E-state index in [0.717, 1.165) is 5.56 Å². The molecule has 25 heavy (non-hydrogen) atoms. The molecule has 1 aliphatic heterocycles. The van der Waals surface area contributed by atoms with Gasteiger partial charge < -0.3 is 14.4 Å². The molecule has 1 unspecified atom stereocenters. The summed E-state index contributed by atoms with van der Waals surface area (Å²) in [5.41, 5.74) is 1.15. The third-order valence-corrected chi connectivity index (χ3v) is 5.48. The first kappa shape index (κ1) is 17.9. The summed E-state index contributed by atoms with van der Waals surface area (Å²) in [4.78, 5) is 14.1. The first-order chi connectivity index (χ1) is 12.0. The van der Waals surface area contributed by atoms with Crippen LogP contribution in [0.2, 0.25) is 5.02 Å². The summed E-state index contributed by atoms with van der Waals surface area (Å²) >= 11 is 7.43. The van der Waals surface area contributed by atoms with Gasteiger partial charge >= 0.3 is 0 Å². The average molecular weight is 382 g/mol. The number of carbonyl (C=O) groups is 1. The summed E-state index contributed by atoms with van der Waals surface area (Å²) in [5.74, 6) is 1.11. The Bertz CT molecular complexity index is 780. The zero-order chi connectivity index (χ0) is 18.0. The van der Waals surface area contributed by atoms with Crippen LogP contribution in [0.3, 0.4) is 0 Å². The van der Waals surface area contributed by atoms with Crippen molar-refractivity contribution in [2.24, 2.45) is 0 Å². The fourth-order valence-electron chi connectivity index (χ4n) is 2.84. The van der Waals surface area contributed by atoms with Gasteiger partial charge in [0.2, 0.25) is 5.91 Å². The number of halogens is 2. The predicted molar refractivity (Wildman–Crippen MR) is 96.7 cm³/mol. The number of carbonyl (C=O) groups excluding carboxylic acids is 1. The molecule has 1 fully saturated rings. The molecule has 0 spiro atoms. The van der Waals surface area contributed by atoms with Crippen LogP contribution in [-0.4, -0.2) is 30.8 Å². The number of amides is 1. The molecule has 2 aromatic carbocycles. The Hall–Kier alpha value is -1.92. The lowest BCUT2D eigenvalue weighted by Gasteiger charge is -2.27. The van der Waals surface area contributed by atoms with E-state index in [4.69, 9.17) is 21.1 Å². The molecule has 3 rings (SSSR count). The van der Waals surface area contributed by atoms with E-state index >= 15 is 0 Å². The van der Waals surface area contributed by atoms with Gasteiger partial charge in [-0.05, 0) is 30.3 Å². The van der Waals surface area contributed by atoms with Gasteiger partial charge in [0.25, 0.3) is 0 Å². The van der Waals surface area contributed by atoms with Gasteiger partial charge in [-0.25, -0.2) is 4.39 Å². The monoisotopic (exact) mass is 381 g/mol. The van der Waals surface area contributed by atoms with Crippen LogP contribution >= 0.6 is 23.4 Å². The fourth-order valence-corrected chi connectivity index (χ4v) is 4.27. The minimum absolute atomic E-state index is 0.0673. The van der Waals surface area contributed by atoms with E-state index in [0.29, 0.717) is 27.8 Å². The number of methoxy groups -OCH3 is 2. The summed E-state index contributed by atoms with van der Waals surface area (Å²) in [6, 6.07) is 9.80. The molecule has 2 aromatic rings. The van der Waals surface area contributed by atoms with Crippen molar-refractivity contribution in [3.63, 3.8) is 0 Å². The van der Waals surface area contributed by atoms with E-state index in [1.54, 1.807) is 25.2 Å². The molecule has 0 aromatic heterocycles. The van der Waals surface area contributed by atoms with Crippen LogP contribution in [0.15, 0.2) is 36.4 Å². The van der Waals surface area contributed by atoms with E-state index in [1.165, 1.54) is 23.9 Å². The highest BCUT2D eigenvalue weighted by Crippen LogP contribution is 2.47. The second kappa shape index (κ2) is 7.54. The molecule has 1 amide bonds. The molecule has 0 N–H and O–H groups in total. The molecule has 1 heterocycles. The van der Waals surface area contributed by atoms with Gasteiger partial charge in [0, 0.05) is 10.6 Å². The first-order valence-corrected chi connectivity index (χ1v) is 9.03. The second-order valence-corrected chi connectivity index (χ2v) is 7.00. The van der Waals surface area contributed by atoms with Gasteiger partial charge in [-0.3, -0.25) is 4.79 Å². The number of hydrogen-bond acceptors (Lipinski definition) is 4. The number of benzene rings is 2. The molecule has 1 saturated heterocycles. The Morgan fingerprint density at radius 1 is 1.24 bits per heavy atom. The number of nitrogens with zero attached hydrogens (tertiary/aromatic N) is 1. The van der Waals surface area contributed by atoms with E-state index in [1.807, 2.05) is 18.2 Å². The summed E-state index contributed by atoms with van der Waals surface area (Å²) < 4.78 is 25.0. The normalized spacial score (nSPS) is 17.0. The maximum absolute atomic E-state index is 14.1. The van der Waals surface area contributed by atoms with Crippen molar-refractivity contribution in [2.75, 3.05) is 20.0 Å². The Labute approximate surface area is 154 Å². The number of thioether (sulfide) groups is 1. The fraction of sp³-hybridized carbons (Fsp3) is 0.278. The van der Waals surface area contributed by atoms with E-state index in [2.05, 4.69) is 0 Å². The highest BCUT2D eigenvalue weighted by atomic mass is 35.5. The number of rotatable bonds is 5. The molecule has 0 saturated carbocycles. The van der Waals surface area contributed by atoms with Crippen LogP contribution in [0.1, 0.15) is 16.5 Å². The van der Waals surface area contributed by atoms with Crippen LogP contribution in [0.5, 0.6) is 11.5 Å². The minimum atomic E-state index is -0.389. The van der Waals surface area contributed by atoms with Gasteiger partial charge in [0.1, 0.15) is 22.7 Å². The summed E-state index contributed by atoms with van der Waals surface area (Å²) in [6.45, 7) is 0.129. The van der Waals surface area contributed by atoms with Crippen molar-refractivity contribution < 1.29 is 18.7 Å². The van der Waals surface area contributed by atoms with Gasteiger partial charge in [-0.15, -0.1) is 11.8 Å². The van der Waals surface area contributed by atoms with Crippen LogP contribution in [0.25, 0.3) is 0 Å². The molecule has 4 nitrogen and oxygen atoms in total. The van der Waals surface area contributed by atoms with Crippen LogP contribution in [0, 0.1) is 5.82 Å². The Balaban J connectivity index is 1.99. The summed E-state index contributed by atoms with van der Waals surface area (Å²) in [6.07, 6.45) is 0. The van der Waals surface area contributed by atoms with Crippen molar-refractivity contribution >= 4 is 29.3 Å². The second-order valence-electron chi connectivity index (χ2n) is 5.50. The largest absolute Gasteiger partial charge is 0.496 e.